The molecule has 1 aliphatic rings. The van der Waals surface area contributed by atoms with Gasteiger partial charge >= 0.3 is 6.18 Å². The Balaban J connectivity index is 2.64. The minimum atomic E-state index is -4.36. The third-order valence-corrected chi connectivity index (χ3v) is 3.93. The number of allylic oxidation sites excluding steroid dienone is 1. The van der Waals surface area contributed by atoms with Crippen molar-refractivity contribution in [2.24, 2.45) is 5.92 Å². The number of ether oxygens (including phenoxy) is 2. The summed E-state index contributed by atoms with van der Waals surface area (Å²) < 4.78 is 50.7. The minimum Gasteiger partial charge on any atom is -0.353 e. The first kappa shape index (κ1) is 17.5. The molecule has 20 heavy (non-hydrogen) atoms. The maximum atomic E-state index is 13.4. The second-order valence-corrected chi connectivity index (χ2v) is 5.48. The number of rotatable bonds is 7. The standard InChI is InChI=1S/C15H25F3O2/c1-4-6-11-19-12(3)20-14(15(16,17)18)9-7-13(5-2)8-10-14/h5,12-13H,2,4,6-11H2,1,3H3. The summed E-state index contributed by atoms with van der Waals surface area (Å²) in [6, 6.07) is 0. The molecule has 1 fully saturated rings. The average Bonchev–Trinajstić information content (AvgIpc) is 2.38. The van der Waals surface area contributed by atoms with E-state index < -0.39 is 18.1 Å². The maximum absolute atomic E-state index is 13.4. The molecule has 1 unspecified atom stereocenters. The molecule has 0 radical (unpaired) electrons. The third-order valence-electron chi connectivity index (χ3n) is 3.93. The summed E-state index contributed by atoms with van der Waals surface area (Å²) >= 11 is 0. The van der Waals surface area contributed by atoms with Crippen molar-refractivity contribution in [2.45, 2.75) is 70.4 Å². The number of alkyl halides is 3. The van der Waals surface area contributed by atoms with Gasteiger partial charge in [0, 0.05) is 6.61 Å². The van der Waals surface area contributed by atoms with E-state index >= 15 is 0 Å². The van der Waals surface area contributed by atoms with Gasteiger partial charge in [-0.2, -0.15) is 13.2 Å². The monoisotopic (exact) mass is 294 g/mol. The van der Waals surface area contributed by atoms with E-state index in [0.29, 0.717) is 19.4 Å². The largest absolute Gasteiger partial charge is 0.417 e. The van der Waals surface area contributed by atoms with Crippen LogP contribution in [0.15, 0.2) is 12.7 Å². The number of halogens is 3. The van der Waals surface area contributed by atoms with Crippen molar-refractivity contribution in [1.82, 2.24) is 0 Å². The van der Waals surface area contributed by atoms with Crippen molar-refractivity contribution in [1.29, 1.82) is 0 Å². The van der Waals surface area contributed by atoms with Crippen molar-refractivity contribution < 1.29 is 22.6 Å². The fraction of sp³-hybridized carbons (Fsp3) is 0.867. The lowest BCUT2D eigenvalue weighted by molar-refractivity contribution is -0.330. The van der Waals surface area contributed by atoms with E-state index in [2.05, 4.69) is 6.58 Å². The Morgan fingerprint density at radius 3 is 2.40 bits per heavy atom. The molecule has 0 heterocycles. The Morgan fingerprint density at radius 2 is 1.95 bits per heavy atom. The highest BCUT2D eigenvalue weighted by molar-refractivity contribution is 4.97. The smallest absolute Gasteiger partial charge is 0.353 e. The van der Waals surface area contributed by atoms with Crippen molar-refractivity contribution in [3.63, 3.8) is 0 Å². The van der Waals surface area contributed by atoms with Crippen LogP contribution in [0.25, 0.3) is 0 Å². The third kappa shape index (κ3) is 4.48. The van der Waals surface area contributed by atoms with Crippen LogP contribution >= 0.6 is 0 Å². The molecule has 0 aliphatic heterocycles. The van der Waals surface area contributed by atoms with Crippen LogP contribution in [-0.4, -0.2) is 24.7 Å². The highest BCUT2D eigenvalue weighted by Crippen LogP contribution is 2.46. The molecule has 5 heteroatoms. The maximum Gasteiger partial charge on any atom is 0.417 e. The predicted molar refractivity (Wildman–Crippen MR) is 72.3 cm³/mol. The van der Waals surface area contributed by atoms with Gasteiger partial charge in [-0.15, -0.1) is 6.58 Å². The molecular weight excluding hydrogens is 269 g/mol. The first-order valence-electron chi connectivity index (χ1n) is 7.33. The molecule has 1 rings (SSSR count). The van der Waals surface area contributed by atoms with Crippen LogP contribution in [0, 0.1) is 5.92 Å². The minimum absolute atomic E-state index is 0.0192. The fourth-order valence-corrected chi connectivity index (χ4v) is 2.56. The van der Waals surface area contributed by atoms with Crippen LogP contribution in [0.2, 0.25) is 0 Å². The highest BCUT2D eigenvalue weighted by atomic mass is 19.4. The van der Waals surface area contributed by atoms with Crippen LogP contribution < -0.4 is 0 Å². The lowest BCUT2D eigenvalue weighted by Gasteiger charge is -2.42. The quantitative estimate of drug-likeness (QED) is 0.380. The van der Waals surface area contributed by atoms with Crippen molar-refractivity contribution in [3.8, 4) is 0 Å². The first-order chi connectivity index (χ1) is 9.34. The topological polar surface area (TPSA) is 18.5 Å². The molecule has 0 spiro atoms. The number of unbranched alkanes of at least 4 members (excludes halogenated alkanes) is 1. The predicted octanol–water partition coefficient (Wildman–Crippen LogP) is 4.84. The highest BCUT2D eigenvalue weighted by Gasteiger charge is 2.57. The van der Waals surface area contributed by atoms with E-state index in [9.17, 15) is 13.2 Å². The molecule has 0 saturated heterocycles. The summed E-state index contributed by atoms with van der Waals surface area (Å²) in [6.07, 6.45) is -0.797. The molecule has 1 atom stereocenters. The van der Waals surface area contributed by atoms with Crippen molar-refractivity contribution >= 4 is 0 Å². The molecule has 118 valence electrons. The van der Waals surface area contributed by atoms with Gasteiger partial charge in [-0.3, -0.25) is 0 Å². The van der Waals surface area contributed by atoms with Crippen LogP contribution in [-0.2, 0) is 9.47 Å². The van der Waals surface area contributed by atoms with Gasteiger partial charge in [0.1, 0.15) is 0 Å². The molecule has 0 aromatic heterocycles. The molecule has 0 aromatic carbocycles. The van der Waals surface area contributed by atoms with Crippen molar-refractivity contribution in [2.75, 3.05) is 6.61 Å². The zero-order chi connectivity index (χ0) is 15.2. The Bertz CT molecular complexity index is 294. The summed E-state index contributed by atoms with van der Waals surface area (Å²) in [7, 11) is 0. The van der Waals surface area contributed by atoms with Gasteiger partial charge in [-0.05, 0) is 44.9 Å². The second kappa shape index (κ2) is 7.46. The Labute approximate surface area is 119 Å². The molecular formula is C15H25F3O2. The van der Waals surface area contributed by atoms with E-state index in [0.717, 1.165) is 12.8 Å². The Kier molecular flexibility index (Phi) is 6.52. The summed E-state index contributed by atoms with van der Waals surface area (Å²) in [5, 5.41) is 0. The van der Waals surface area contributed by atoms with Gasteiger partial charge in [-0.1, -0.05) is 19.4 Å². The molecule has 0 amide bonds. The van der Waals surface area contributed by atoms with Crippen LogP contribution in [0.5, 0.6) is 0 Å². The van der Waals surface area contributed by atoms with E-state index in [1.54, 1.807) is 13.0 Å². The normalized spacial score (nSPS) is 29.1. The second-order valence-electron chi connectivity index (χ2n) is 5.48. The van der Waals surface area contributed by atoms with Gasteiger partial charge in [0.15, 0.2) is 11.9 Å². The SMILES string of the molecule is C=CC1CCC(OC(C)OCCCC)(C(F)(F)F)CC1. The molecule has 2 nitrogen and oxygen atoms in total. The molecule has 1 aliphatic carbocycles. The van der Waals surface area contributed by atoms with Gasteiger partial charge in [-0.25, -0.2) is 0 Å². The molecule has 0 aromatic rings. The Morgan fingerprint density at radius 1 is 1.35 bits per heavy atom. The summed E-state index contributed by atoms with van der Waals surface area (Å²) in [4.78, 5) is 0. The van der Waals surface area contributed by atoms with E-state index in [-0.39, 0.29) is 18.8 Å². The van der Waals surface area contributed by atoms with Gasteiger partial charge < -0.3 is 9.47 Å². The average molecular weight is 294 g/mol. The van der Waals surface area contributed by atoms with Gasteiger partial charge in [0.05, 0.1) is 0 Å². The van der Waals surface area contributed by atoms with Crippen molar-refractivity contribution in [3.05, 3.63) is 12.7 Å². The van der Waals surface area contributed by atoms with E-state index in [4.69, 9.17) is 9.47 Å². The molecule has 0 N–H and O–H groups in total. The van der Waals surface area contributed by atoms with E-state index in [1.807, 2.05) is 6.92 Å². The van der Waals surface area contributed by atoms with Gasteiger partial charge in [0.25, 0.3) is 0 Å². The fourth-order valence-electron chi connectivity index (χ4n) is 2.56. The molecule has 0 bridgehead atoms. The molecule has 1 saturated carbocycles. The zero-order valence-corrected chi connectivity index (χ0v) is 12.3. The lowest BCUT2D eigenvalue weighted by Crippen LogP contribution is -2.52. The summed E-state index contributed by atoms with van der Waals surface area (Å²) in [5.74, 6) is 0.158. The zero-order valence-electron chi connectivity index (χ0n) is 12.3. The lowest BCUT2D eigenvalue weighted by atomic mass is 9.78. The van der Waals surface area contributed by atoms with Gasteiger partial charge in [0.2, 0.25) is 0 Å². The van der Waals surface area contributed by atoms with E-state index in [1.165, 1.54) is 0 Å². The number of hydrogen-bond acceptors (Lipinski definition) is 2. The summed E-state index contributed by atoms with van der Waals surface area (Å²) in [6.45, 7) is 7.64. The first-order valence-corrected chi connectivity index (χ1v) is 7.33. The van der Waals surface area contributed by atoms with Crippen LogP contribution in [0.1, 0.15) is 52.4 Å². The van der Waals surface area contributed by atoms with Crippen LogP contribution in [0.4, 0.5) is 13.2 Å². The number of hydrogen-bond donors (Lipinski definition) is 0. The summed E-state index contributed by atoms with van der Waals surface area (Å²) in [5.41, 5.74) is -2.06. The Hall–Kier alpha value is -0.550. The van der Waals surface area contributed by atoms with Crippen LogP contribution in [0.3, 0.4) is 0 Å².